The molecule has 4 nitrogen and oxygen atoms in total. The highest BCUT2D eigenvalue weighted by molar-refractivity contribution is 5.94. The van der Waals surface area contributed by atoms with Gasteiger partial charge in [0.25, 0.3) is 5.91 Å². The van der Waals surface area contributed by atoms with Crippen LogP contribution in [0.1, 0.15) is 27.0 Å². The molecule has 2 aromatic carbocycles. The van der Waals surface area contributed by atoms with Gasteiger partial charge in [-0.1, -0.05) is 23.3 Å². The van der Waals surface area contributed by atoms with Gasteiger partial charge in [0.15, 0.2) is 0 Å². The molecule has 0 unspecified atom stereocenters. The van der Waals surface area contributed by atoms with E-state index in [4.69, 9.17) is 10.5 Å². The molecule has 4 heteroatoms. The van der Waals surface area contributed by atoms with E-state index in [9.17, 15) is 4.79 Å². The highest BCUT2D eigenvalue weighted by Crippen LogP contribution is 2.21. The lowest BCUT2D eigenvalue weighted by molar-refractivity contribution is 0.0950. The summed E-state index contributed by atoms with van der Waals surface area (Å²) in [6.07, 6.45) is 0. The third-order valence-corrected chi connectivity index (χ3v) is 3.23. The maximum absolute atomic E-state index is 12.2. The van der Waals surface area contributed by atoms with E-state index >= 15 is 0 Å². The lowest BCUT2D eigenvalue weighted by atomic mass is 10.1. The molecule has 2 aromatic rings. The van der Waals surface area contributed by atoms with E-state index in [2.05, 4.69) is 5.32 Å². The van der Waals surface area contributed by atoms with Crippen LogP contribution in [0.15, 0.2) is 36.4 Å². The van der Waals surface area contributed by atoms with Crippen molar-refractivity contribution in [3.05, 3.63) is 58.7 Å². The topological polar surface area (TPSA) is 64.3 Å². The standard InChI is InChI=1S/C17H20N2O2/c1-11-6-12(2)8-14(7-11)17(20)19-10-13-4-5-16(21-3)15(18)9-13/h4-9H,10,18H2,1-3H3,(H,19,20). The van der Waals surface area contributed by atoms with Crippen LogP contribution in [0.25, 0.3) is 0 Å². The number of nitrogen functional groups attached to an aromatic ring is 1. The van der Waals surface area contributed by atoms with Crippen molar-refractivity contribution < 1.29 is 9.53 Å². The van der Waals surface area contributed by atoms with Crippen molar-refractivity contribution in [3.63, 3.8) is 0 Å². The average Bonchev–Trinajstić information content (AvgIpc) is 2.43. The Morgan fingerprint density at radius 3 is 2.38 bits per heavy atom. The molecule has 0 fully saturated rings. The predicted molar refractivity (Wildman–Crippen MR) is 84.5 cm³/mol. The molecule has 110 valence electrons. The number of aryl methyl sites for hydroxylation is 2. The molecule has 0 spiro atoms. The lowest BCUT2D eigenvalue weighted by Crippen LogP contribution is -2.23. The van der Waals surface area contributed by atoms with E-state index in [1.165, 1.54) is 0 Å². The highest BCUT2D eigenvalue weighted by Gasteiger charge is 2.07. The minimum absolute atomic E-state index is 0.0869. The summed E-state index contributed by atoms with van der Waals surface area (Å²) in [6, 6.07) is 11.3. The highest BCUT2D eigenvalue weighted by atomic mass is 16.5. The number of nitrogens with two attached hydrogens (primary N) is 1. The second-order valence-corrected chi connectivity index (χ2v) is 5.14. The first-order valence-electron chi connectivity index (χ1n) is 6.78. The molecule has 2 rings (SSSR count). The fourth-order valence-corrected chi connectivity index (χ4v) is 2.28. The molecule has 0 aromatic heterocycles. The lowest BCUT2D eigenvalue weighted by Gasteiger charge is -2.09. The number of carbonyl (C=O) groups excluding carboxylic acids is 1. The smallest absolute Gasteiger partial charge is 0.251 e. The Morgan fingerprint density at radius 1 is 1.14 bits per heavy atom. The Kier molecular flexibility index (Phi) is 4.48. The molecule has 21 heavy (non-hydrogen) atoms. The van der Waals surface area contributed by atoms with Gasteiger partial charge in [0.1, 0.15) is 5.75 Å². The number of methoxy groups -OCH3 is 1. The van der Waals surface area contributed by atoms with Crippen molar-refractivity contribution >= 4 is 11.6 Å². The molecule has 0 aliphatic carbocycles. The molecule has 0 atom stereocenters. The van der Waals surface area contributed by atoms with Crippen LogP contribution in [0, 0.1) is 13.8 Å². The van der Waals surface area contributed by atoms with Gasteiger partial charge in [0, 0.05) is 12.1 Å². The monoisotopic (exact) mass is 284 g/mol. The molecule has 0 heterocycles. The molecular formula is C17H20N2O2. The van der Waals surface area contributed by atoms with E-state index < -0.39 is 0 Å². The first-order valence-corrected chi connectivity index (χ1v) is 6.78. The summed E-state index contributed by atoms with van der Waals surface area (Å²) in [4.78, 5) is 12.2. The second-order valence-electron chi connectivity index (χ2n) is 5.14. The molecule has 0 aliphatic heterocycles. The maximum atomic E-state index is 12.2. The Balaban J connectivity index is 2.05. The average molecular weight is 284 g/mol. The Morgan fingerprint density at radius 2 is 1.81 bits per heavy atom. The summed E-state index contributed by atoms with van der Waals surface area (Å²) < 4.78 is 5.11. The van der Waals surface area contributed by atoms with Gasteiger partial charge in [0.05, 0.1) is 12.8 Å². The number of rotatable bonds is 4. The molecule has 1 amide bonds. The summed E-state index contributed by atoms with van der Waals surface area (Å²) in [5.41, 5.74) is 10.2. The largest absolute Gasteiger partial charge is 0.495 e. The molecular weight excluding hydrogens is 264 g/mol. The van der Waals surface area contributed by atoms with Crippen molar-refractivity contribution in [3.8, 4) is 5.75 Å². The van der Waals surface area contributed by atoms with Crippen LogP contribution in [-0.4, -0.2) is 13.0 Å². The van der Waals surface area contributed by atoms with Crippen molar-refractivity contribution in [2.24, 2.45) is 0 Å². The first-order chi connectivity index (χ1) is 9.99. The van der Waals surface area contributed by atoms with Gasteiger partial charge in [0.2, 0.25) is 0 Å². The minimum atomic E-state index is -0.0869. The Bertz CT molecular complexity index is 646. The van der Waals surface area contributed by atoms with Crippen molar-refractivity contribution in [1.29, 1.82) is 0 Å². The summed E-state index contributed by atoms with van der Waals surface area (Å²) >= 11 is 0. The number of hydrogen-bond donors (Lipinski definition) is 2. The summed E-state index contributed by atoms with van der Waals surface area (Å²) in [5.74, 6) is 0.551. The molecule has 0 saturated carbocycles. The van der Waals surface area contributed by atoms with Gasteiger partial charge in [-0.05, 0) is 43.7 Å². The molecule has 0 aliphatic rings. The quantitative estimate of drug-likeness (QED) is 0.849. The third kappa shape index (κ3) is 3.75. The van der Waals surface area contributed by atoms with Crippen LogP contribution in [0.4, 0.5) is 5.69 Å². The number of nitrogens with one attached hydrogen (secondary N) is 1. The Hall–Kier alpha value is -2.49. The minimum Gasteiger partial charge on any atom is -0.495 e. The zero-order valence-corrected chi connectivity index (χ0v) is 12.6. The predicted octanol–water partition coefficient (Wildman–Crippen LogP) is 2.82. The normalized spacial score (nSPS) is 10.2. The van der Waals surface area contributed by atoms with Gasteiger partial charge in [-0.15, -0.1) is 0 Å². The van der Waals surface area contributed by atoms with E-state index in [0.717, 1.165) is 16.7 Å². The van der Waals surface area contributed by atoms with Crippen LogP contribution in [-0.2, 0) is 6.54 Å². The maximum Gasteiger partial charge on any atom is 0.251 e. The van der Waals surface area contributed by atoms with Crippen LogP contribution in [0.3, 0.4) is 0 Å². The Labute approximate surface area is 124 Å². The van der Waals surface area contributed by atoms with Gasteiger partial charge < -0.3 is 15.8 Å². The number of hydrogen-bond acceptors (Lipinski definition) is 3. The van der Waals surface area contributed by atoms with E-state index in [1.54, 1.807) is 19.2 Å². The first kappa shape index (κ1) is 14.9. The molecule has 0 saturated heterocycles. The van der Waals surface area contributed by atoms with E-state index in [-0.39, 0.29) is 5.91 Å². The fourth-order valence-electron chi connectivity index (χ4n) is 2.28. The SMILES string of the molecule is COc1ccc(CNC(=O)c2cc(C)cc(C)c2)cc1N. The summed E-state index contributed by atoms with van der Waals surface area (Å²) in [7, 11) is 1.58. The van der Waals surface area contributed by atoms with Gasteiger partial charge in [-0.25, -0.2) is 0 Å². The summed E-state index contributed by atoms with van der Waals surface area (Å²) in [6.45, 7) is 4.39. The zero-order chi connectivity index (χ0) is 15.4. The number of ether oxygens (including phenoxy) is 1. The van der Waals surface area contributed by atoms with Gasteiger partial charge >= 0.3 is 0 Å². The van der Waals surface area contributed by atoms with Crippen molar-refractivity contribution in [1.82, 2.24) is 5.32 Å². The number of benzene rings is 2. The molecule has 0 bridgehead atoms. The number of carbonyl (C=O) groups is 1. The van der Waals surface area contributed by atoms with Crippen LogP contribution < -0.4 is 15.8 Å². The van der Waals surface area contributed by atoms with Crippen LogP contribution >= 0.6 is 0 Å². The van der Waals surface area contributed by atoms with E-state index in [0.29, 0.717) is 23.5 Å². The van der Waals surface area contributed by atoms with Crippen LogP contribution in [0.5, 0.6) is 5.75 Å². The van der Waals surface area contributed by atoms with Gasteiger partial charge in [-0.2, -0.15) is 0 Å². The number of anilines is 1. The fraction of sp³-hybridized carbons (Fsp3) is 0.235. The van der Waals surface area contributed by atoms with Gasteiger partial charge in [-0.3, -0.25) is 4.79 Å². The third-order valence-electron chi connectivity index (χ3n) is 3.23. The van der Waals surface area contributed by atoms with Crippen molar-refractivity contribution in [2.75, 3.05) is 12.8 Å². The zero-order valence-electron chi connectivity index (χ0n) is 12.6. The summed E-state index contributed by atoms with van der Waals surface area (Å²) in [5, 5.41) is 2.90. The molecule has 0 radical (unpaired) electrons. The van der Waals surface area contributed by atoms with Crippen LogP contribution in [0.2, 0.25) is 0 Å². The van der Waals surface area contributed by atoms with Crippen molar-refractivity contribution in [2.45, 2.75) is 20.4 Å². The molecule has 3 N–H and O–H groups in total. The van der Waals surface area contributed by atoms with E-state index in [1.807, 2.05) is 38.1 Å². The second kappa shape index (κ2) is 6.31. The number of amides is 1.